The van der Waals surface area contributed by atoms with E-state index in [1.54, 1.807) is 45.0 Å². The number of halogens is 3. The second-order valence-corrected chi connectivity index (χ2v) is 32.1. The molecule has 0 spiro atoms. The molecule has 2 fully saturated rings. The second-order valence-electron chi connectivity index (χ2n) is 30.9. The van der Waals surface area contributed by atoms with Gasteiger partial charge >= 0.3 is 11.7 Å². The highest BCUT2D eigenvalue weighted by Crippen LogP contribution is 2.50. The number of rotatable bonds is 20. The molecule has 7 aromatic rings. The zero-order valence-electron chi connectivity index (χ0n) is 67.4. The van der Waals surface area contributed by atoms with Crippen molar-refractivity contribution in [3.63, 3.8) is 0 Å². The van der Waals surface area contributed by atoms with Crippen LogP contribution in [0.3, 0.4) is 0 Å². The lowest BCUT2D eigenvalue weighted by molar-refractivity contribution is -0.334. The van der Waals surface area contributed by atoms with Crippen LogP contribution in [0.4, 0.5) is 10.6 Å². The molecule has 670 valence electrons. The van der Waals surface area contributed by atoms with E-state index in [2.05, 4.69) is 52.8 Å². The molecule has 41 nitrogen and oxygen atoms in total. The number of carbonyl (C=O) groups is 10. The molecule has 11 amide bonds. The monoisotopic (exact) mass is 1810 g/mol. The van der Waals surface area contributed by atoms with Gasteiger partial charge in [0.05, 0.1) is 41.3 Å². The Hall–Kier alpha value is -12.3. The van der Waals surface area contributed by atoms with Gasteiger partial charge in [0.25, 0.3) is 5.91 Å². The Balaban J connectivity index is 0.999. The quantitative estimate of drug-likeness (QED) is 0.0372. The van der Waals surface area contributed by atoms with Crippen LogP contribution in [0, 0.1) is 5.92 Å². The van der Waals surface area contributed by atoms with Gasteiger partial charge in [-0.1, -0.05) is 79.0 Å². The van der Waals surface area contributed by atoms with E-state index in [9.17, 15) is 74.7 Å². The van der Waals surface area contributed by atoms with Crippen molar-refractivity contribution >= 4 is 106 Å². The molecular weight excluding hydrogens is 1720 g/mol. The number of aliphatic hydroxyl groups is 6. The van der Waals surface area contributed by atoms with E-state index in [4.69, 9.17) is 74.7 Å². The van der Waals surface area contributed by atoms with E-state index in [0.29, 0.717) is 10.6 Å². The van der Waals surface area contributed by atoms with Crippen molar-refractivity contribution in [3.05, 3.63) is 180 Å². The molecule has 0 unspecified atom stereocenters. The van der Waals surface area contributed by atoms with Crippen LogP contribution in [0.15, 0.2) is 126 Å². The van der Waals surface area contributed by atoms with Gasteiger partial charge in [-0.05, 0) is 145 Å². The average Bonchev–Trinajstić information content (AvgIpc) is 0.764. The number of aromatic hydroxyl groups is 3. The Bertz CT molecular complexity index is 5460. The van der Waals surface area contributed by atoms with Crippen LogP contribution in [0.5, 0.6) is 46.0 Å². The SMILES string of the molecule is CN[C@H](CC(C)C)C(=O)N[C@H]1C(=O)N[C@@H](CC(N)=O)C(=O)N[C@H]2C(=O)N[C@H]3C(=O)N[C@H](C(=O)N[C@@H](C(=O)NNC(N)=O)c4cc(O)cc(O)c4-c4cc3ccc4O)[C@H](O)c3ccc(c(Cl)c3)Oc3cc2cc(c3O[C@@H]2O[C@H](CO)[C@@H](O)[C@H](O)[C@H]2O[C@H]2C[C@](C)(NCCn3ccc(NC(=O)/C=C/c4ccc(Cl)cc4)nc3=O)[C@H](O)[C@H](C)O2)Oc2ccc(cc2Cl)[C@H]1O. The van der Waals surface area contributed by atoms with E-state index in [-0.39, 0.29) is 48.8 Å². The van der Waals surface area contributed by atoms with Gasteiger partial charge in [-0.25, -0.2) is 15.0 Å². The molecule has 11 bridgehead atoms. The molecule has 7 aliphatic rings. The molecule has 14 rings (SSSR count). The Morgan fingerprint density at radius 2 is 1.35 bits per heavy atom. The summed E-state index contributed by atoms with van der Waals surface area (Å²) in [7, 11) is 1.46. The number of aromatic nitrogens is 2. The number of hydrogen-bond donors (Lipinski definition) is 22. The predicted molar refractivity (Wildman–Crippen MR) is 444 cm³/mol. The minimum absolute atomic E-state index is 0.0427. The lowest BCUT2D eigenvalue weighted by Crippen LogP contribution is -2.65. The summed E-state index contributed by atoms with van der Waals surface area (Å²) in [6.07, 6.45) is -15.6. The molecule has 44 heteroatoms. The number of hydrogen-bond acceptors (Lipinski definition) is 29. The number of anilines is 1. The molecule has 7 aliphatic heterocycles. The summed E-state index contributed by atoms with van der Waals surface area (Å²) in [5.41, 5.74) is 10.3. The van der Waals surface area contributed by atoms with E-state index in [0.717, 1.165) is 66.7 Å². The summed E-state index contributed by atoms with van der Waals surface area (Å²) in [5, 5.41) is 129. The van der Waals surface area contributed by atoms with E-state index in [1.807, 2.05) is 10.9 Å². The van der Waals surface area contributed by atoms with Gasteiger partial charge in [0, 0.05) is 59.5 Å². The highest BCUT2D eigenvalue weighted by atomic mass is 35.5. The standard InChI is InChI=1S/C82H90Cl3N15O26/c1-33(2)22-46(88-5)72(112)96-63-65(107)37-10-15-50(44(84)24-37)122-52-26-39-27-53(69(52)126-79-70(68(110)67(109)54(32-101)124-79)125-58-31-82(4,71(111)34(3)121-58)89-19-21-100-20-18-56(92-81(100)120)91-57(106)17-8-35-6-12-40(83)13-7-35)123-51-16-11-38(25-45(51)85)66(108)64-77(117)95-62(78(118)98-99-80(87)119)43-28-41(102)29-49(104)59(43)42-23-36(9-14-48(42)103)60(74(114)97-64)94-75(115)61(39)93-73(113)47(30-55(86)105)90-76(63)116/h6-18,20,23-29,33-34,46-47,54,58,60-68,70-71,79,88-89,101-104,107-111H,19,21-22,30-32H2,1-5H3,(H2,86,105)(H,90,116)(H,93,113)(H,94,115)(H,95,117)(H,96,112)(H,97,114)(H,98,118)(H3,87,99,119)(H,91,92,106,120)/b17-8+/t34-,46+,47-,54+,58-,60+,61+,62+,63+,64-,65+,66+,67+,68-,70+,71+,79-,82-/m0/s1. The maximum atomic E-state index is 16.3. The molecule has 0 saturated carbocycles. The fourth-order valence-corrected chi connectivity index (χ4v) is 15.5. The highest BCUT2D eigenvalue weighted by Gasteiger charge is 2.52. The van der Waals surface area contributed by atoms with Crippen molar-refractivity contribution < 1.29 is 122 Å². The molecule has 8 heterocycles. The normalized spacial score (nSPS) is 25.8. The fourth-order valence-electron chi connectivity index (χ4n) is 14.9. The third kappa shape index (κ3) is 21.3. The van der Waals surface area contributed by atoms with Crippen LogP contribution < -0.4 is 90.1 Å². The number of amides is 11. The molecule has 24 N–H and O–H groups in total. The lowest BCUT2D eigenvalue weighted by atomic mass is 9.85. The van der Waals surface area contributed by atoms with Gasteiger partial charge in [0.2, 0.25) is 59.3 Å². The number of nitrogens with two attached hydrogens (primary N) is 2. The molecule has 2 saturated heterocycles. The highest BCUT2D eigenvalue weighted by molar-refractivity contribution is 6.32. The number of primary amides is 2. The van der Waals surface area contributed by atoms with Gasteiger partial charge in [0.15, 0.2) is 23.9 Å². The fraction of sp³-hybridized carbons (Fsp3) is 0.366. The van der Waals surface area contributed by atoms with Crippen molar-refractivity contribution in [2.75, 3.05) is 25.5 Å². The first-order valence-electron chi connectivity index (χ1n) is 39.2. The van der Waals surface area contributed by atoms with Crippen molar-refractivity contribution in [2.45, 2.75) is 163 Å². The molecule has 18 atom stereocenters. The average molecular weight is 1810 g/mol. The van der Waals surface area contributed by atoms with E-state index >= 15 is 24.0 Å². The number of nitrogens with zero attached hydrogens (tertiary/aromatic N) is 2. The molecule has 0 aliphatic carbocycles. The van der Waals surface area contributed by atoms with Crippen molar-refractivity contribution in [1.29, 1.82) is 0 Å². The van der Waals surface area contributed by atoms with Crippen LogP contribution in [0.2, 0.25) is 15.1 Å². The second kappa shape index (κ2) is 39.5. The number of carbonyl (C=O) groups excluding carboxylic acids is 10. The largest absolute Gasteiger partial charge is 0.508 e. The summed E-state index contributed by atoms with van der Waals surface area (Å²) in [6.45, 7) is 5.55. The van der Waals surface area contributed by atoms with Crippen molar-refractivity contribution in [3.8, 4) is 57.1 Å². The number of urea groups is 1. The first-order valence-corrected chi connectivity index (χ1v) is 40.3. The number of phenols is 3. The van der Waals surface area contributed by atoms with Gasteiger partial charge in [-0.15, -0.1) is 0 Å². The number of aliphatic hydroxyl groups excluding tert-OH is 6. The number of hydrazine groups is 1. The number of likely N-dealkylation sites (N-methyl/N-ethyl adjacent to an activating group) is 1. The molecule has 126 heavy (non-hydrogen) atoms. The number of benzene rings is 6. The Morgan fingerprint density at radius 1 is 0.706 bits per heavy atom. The third-order valence-corrected chi connectivity index (χ3v) is 22.2. The lowest BCUT2D eigenvalue weighted by Gasteiger charge is -2.48. The van der Waals surface area contributed by atoms with E-state index < -0.39 is 271 Å². The maximum absolute atomic E-state index is 16.3. The summed E-state index contributed by atoms with van der Waals surface area (Å²) < 4.78 is 40.6. The number of phenolic OH excluding ortho intramolecular Hbond substituents is 3. The number of ether oxygens (including phenoxy) is 6. The minimum Gasteiger partial charge on any atom is -0.508 e. The van der Waals surface area contributed by atoms with Crippen molar-refractivity contribution in [2.24, 2.45) is 17.4 Å². The number of fused-ring (bicyclic) bond motifs is 15. The van der Waals surface area contributed by atoms with Gasteiger partial charge in [0.1, 0.15) is 101 Å². The first kappa shape index (κ1) is 92.8. The molecule has 0 radical (unpaired) electrons. The Morgan fingerprint density at radius 3 is 1.98 bits per heavy atom. The smallest absolute Gasteiger partial charge is 0.349 e. The van der Waals surface area contributed by atoms with Crippen LogP contribution in [0.1, 0.15) is 111 Å². The topological polar surface area (TPSA) is 627 Å². The first-order chi connectivity index (χ1) is 59.8. The molecular formula is C82H90Cl3N15O26. The zero-order chi connectivity index (χ0) is 91.2. The predicted octanol–water partition coefficient (Wildman–Crippen LogP) is 0.914. The van der Waals surface area contributed by atoms with Gasteiger partial charge in [-0.2, -0.15) is 4.98 Å². The van der Waals surface area contributed by atoms with Gasteiger partial charge in [-0.3, -0.25) is 53.1 Å². The maximum Gasteiger partial charge on any atom is 0.349 e. The molecule has 1 aromatic heterocycles. The van der Waals surface area contributed by atoms with Gasteiger partial charge < -0.3 is 134 Å². The van der Waals surface area contributed by atoms with Crippen LogP contribution >= 0.6 is 34.8 Å². The molecule has 6 aromatic carbocycles. The summed E-state index contributed by atoms with van der Waals surface area (Å²) in [6, 6.07) is 5.53. The van der Waals surface area contributed by atoms with Crippen LogP contribution in [-0.4, -0.2) is 214 Å². The summed E-state index contributed by atoms with van der Waals surface area (Å²) >= 11 is 20.3. The van der Waals surface area contributed by atoms with Crippen LogP contribution in [-0.2, 0) is 63.9 Å². The van der Waals surface area contributed by atoms with E-state index in [1.165, 1.54) is 55.1 Å². The zero-order valence-corrected chi connectivity index (χ0v) is 69.7. The summed E-state index contributed by atoms with van der Waals surface area (Å²) in [4.78, 5) is 162. The Kier molecular flexibility index (Phi) is 29.1. The van der Waals surface area contributed by atoms with Crippen molar-refractivity contribution in [1.82, 2.24) is 62.9 Å². The minimum atomic E-state index is -2.42. The van der Waals surface area contributed by atoms with Crippen LogP contribution in [0.25, 0.3) is 17.2 Å². The number of nitrogens with one attached hydrogen (secondary N) is 11. The summed E-state index contributed by atoms with van der Waals surface area (Å²) in [5.74, 6) is -16.8. The Labute approximate surface area is 730 Å². The third-order valence-electron chi connectivity index (χ3n) is 21.4.